The molecular formula is C18H17N3O5S2. The molecule has 1 aliphatic heterocycles. The third-order valence-corrected chi connectivity index (χ3v) is 7.09. The normalized spacial score (nSPS) is 15.0. The smallest absolute Gasteiger partial charge is 0.338 e. The minimum absolute atomic E-state index is 0.162. The van der Waals surface area contributed by atoms with Gasteiger partial charge in [-0.25, -0.2) is 13.2 Å². The van der Waals surface area contributed by atoms with Gasteiger partial charge in [0.1, 0.15) is 0 Å². The van der Waals surface area contributed by atoms with Crippen LogP contribution >= 0.6 is 11.3 Å². The van der Waals surface area contributed by atoms with E-state index in [-0.39, 0.29) is 23.0 Å². The van der Waals surface area contributed by atoms with Crippen LogP contribution in [0.4, 0.5) is 0 Å². The van der Waals surface area contributed by atoms with Gasteiger partial charge in [0.25, 0.3) is 11.8 Å². The summed E-state index contributed by atoms with van der Waals surface area (Å²) >= 11 is 1.47. The third-order valence-electron chi connectivity index (χ3n) is 4.32. The fraction of sp³-hybridized carbons (Fsp3) is 0.278. The van der Waals surface area contributed by atoms with Crippen LogP contribution in [0, 0.1) is 0 Å². The maximum absolute atomic E-state index is 12.5. The van der Waals surface area contributed by atoms with Crippen molar-refractivity contribution in [2.45, 2.75) is 24.3 Å². The molecule has 3 heterocycles. The quantitative estimate of drug-likeness (QED) is 0.566. The molecule has 0 N–H and O–H groups in total. The number of aromatic nitrogens is 2. The first-order valence-electron chi connectivity index (χ1n) is 8.67. The molecule has 146 valence electrons. The second kappa shape index (κ2) is 7.82. The maximum atomic E-state index is 12.5. The number of thiophene rings is 1. The summed E-state index contributed by atoms with van der Waals surface area (Å²) in [7, 11) is -3.51. The van der Waals surface area contributed by atoms with Crippen molar-refractivity contribution >= 4 is 27.3 Å². The Hall–Kier alpha value is -2.56. The number of hydrogen-bond donors (Lipinski definition) is 0. The molecule has 0 amide bonds. The van der Waals surface area contributed by atoms with Crippen molar-refractivity contribution in [3.8, 4) is 10.8 Å². The molecule has 1 fully saturated rings. The van der Waals surface area contributed by atoms with E-state index in [0.29, 0.717) is 19.0 Å². The fourth-order valence-corrected chi connectivity index (χ4v) is 5.02. The van der Waals surface area contributed by atoms with Gasteiger partial charge >= 0.3 is 5.97 Å². The largest absolute Gasteiger partial charge is 0.452 e. The second-order valence-corrected chi connectivity index (χ2v) is 9.08. The molecule has 1 aliphatic rings. The van der Waals surface area contributed by atoms with Crippen molar-refractivity contribution < 1.29 is 22.4 Å². The molecule has 0 radical (unpaired) electrons. The molecule has 28 heavy (non-hydrogen) atoms. The molecule has 0 atom stereocenters. The molecule has 10 heteroatoms. The third kappa shape index (κ3) is 3.84. The predicted octanol–water partition coefficient (Wildman–Crippen LogP) is 2.94. The maximum Gasteiger partial charge on any atom is 0.338 e. The number of ether oxygens (including phenoxy) is 1. The summed E-state index contributed by atoms with van der Waals surface area (Å²) in [5.41, 5.74) is 0.248. The molecule has 1 aromatic carbocycles. The van der Waals surface area contributed by atoms with Crippen LogP contribution in [0.3, 0.4) is 0 Å². The van der Waals surface area contributed by atoms with Crippen LogP contribution < -0.4 is 0 Å². The topological polar surface area (TPSA) is 103 Å². The van der Waals surface area contributed by atoms with Gasteiger partial charge in [0, 0.05) is 13.1 Å². The van der Waals surface area contributed by atoms with Crippen molar-refractivity contribution in [1.29, 1.82) is 0 Å². The molecule has 0 unspecified atom stereocenters. The van der Waals surface area contributed by atoms with Crippen molar-refractivity contribution in [2.24, 2.45) is 0 Å². The minimum Gasteiger partial charge on any atom is -0.452 e. The van der Waals surface area contributed by atoms with Crippen LogP contribution in [0.25, 0.3) is 10.8 Å². The Bertz CT molecular complexity index is 1050. The lowest BCUT2D eigenvalue weighted by Crippen LogP contribution is -2.27. The molecule has 0 saturated carbocycles. The molecule has 3 aromatic rings. The van der Waals surface area contributed by atoms with Crippen LogP contribution in [-0.2, 0) is 21.4 Å². The monoisotopic (exact) mass is 419 g/mol. The van der Waals surface area contributed by atoms with Gasteiger partial charge in [-0.2, -0.15) is 4.31 Å². The SMILES string of the molecule is O=C(OCc1nnc(-c2cccs2)o1)c1ccc(S(=O)(=O)N2CCCC2)cc1. The zero-order chi connectivity index (χ0) is 19.6. The van der Waals surface area contributed by atoms with Gasteiger partial charge in [-0.15, -0.1) is 21.5 Å². The van der Waals surface area contributed by atoms with E-state index in [1.165, 1.54) is 39.9 Å². The van der Waals surface area contributed by atoms with Crippen LogP contribution in [0.15, 0.2) is 51.1 Å². The number of benzene rings is 1. The average Bonchev–Trinajstić information content (AvgIpc) is 3.48. The van der Waals surface area contributed by atoms with E-state index in [9.17, 15) is 13.2 Å². The molecule has 0 spiro atoms. The highest BCUT2D eigenvalue weighted by Crippen LogP contribution is 2.24. The van der Waals surface area contributed by atoms with E-state index >= 15 is 0 Å². The number of rotatable bonds is 6. The summed E-state index contributed by atoms with van der Waals surface area (Å²) in [4.78, 5) is 13.2. The molecule has 0 aliphatic carbocycles. The van der Waals surface area contributed by atoms with Crippen LogP contribution in [0.2, 0.25) is 0 Å². The van der Waals surface area contributed by atoms with E-state index < -0.39 is 16.0 Å². The Morgan fingerprint density at radius 3 is 2.57 bits per heavy atom. The van der Waals surface area contributed by atoms with Gasteiger partial charge < -0.3 is 9.15 Å². The zero-order valence-electron chi connectivity index (χ0n) is 14.8. The molecule has 2 aromatic heterocycles. The highest BCUT2D eigenvalue weighted by molar-refractivity contribution is 7.89. The van der Waals surface area contributed by atoms with Crippen molar-refractivity contribution in [2.75, 3.05) is 13.1 Å². The second-order valence-electron chi connectivity index (χ2n) is 6.19. The summed E-state index contributed by atoms with van der Waals surface area (Å²) in [6.07, 6.45) is 1.74. The highest BCUT2D eigenvalue weighted by atomic mass is 32.2. The van der Waals surface area contributed by atoms with E-state index in [2.05, 4.69) is 10.2 Å². The van der Waals surface area contributed by atoms with Crippen molar-refractivity contribution in [3.05, 3.63) is 53.2 Å². The predicted molar refractivity (Wildman–Crippen MR) is 101 cm³/mol. The van der Waals surface area contributed by atoms with Gasteiger partial charge in [0.15, 0.2) is 6.61 Å². The van der Waals surface area contributed by atoms with Crippen LogP contribution in [-0.4, -0.2) is 42.0 Å². The molecule has 1 saturated heterocycles. The van der Waals surface area contributed by atoms with Crippen LogP contribution in [0.1, 0.15) is 29.1 Å². The number of hydrogen-bond acceptors (Lipinski definition) is 8. The number of esters is 1. The van der Waals surface area contributed by atoms with Gasteiger partial charge in [0.05, 0.1) is 15.3 Å². The van der Waals surface area contributed by atoms with E-state index in [1.807, 2.05) is 17.5 Å². The Morgan fingerprint density at radius 1 is 1.14 bits per heavy atom. The Kier molecular flexibility index (Phi) is 5.25. The average molecular weight is 419 g/mol. The van der Waals surface area contributed by atoms with E-state index in [1.54, 1.807) is 0 Å². The summed E-state index contributed by atoms with van der Waals surface area (Å²) in [6.45, 7) is 0.901. The zero-order valence-corrected chi connectivity index (χ0v) is 16.4. The Labute approximate surface area is 165 Å². The Balaban J connectivity index is 1.39. The molecule has 4 rings (SSSR count). The van der Waals surface area contributed by atoms with E-state index in [4.69, 9.17) is 9.15 Å². The van der Waals surface area contributed by atoms with E-state index in [0.717, 1.165) is 17.7 Å². The summed E-state index contributed by atoms with van der Waals surface area (Å²) in [5.74, 6) is -0.0384. The van der Waals surface area contributed by atoms with Gasteiger partial charge in [-0.1, -0.05) is 6.07 Å². The number of carbonyl (C=O) groups is 1. The summed E-state index contributed by atoms with van der Waals surface area (Å²) in [5, 5.41) is 9.67. The summed E-state index contributed by atoms with van der Waals surface area (Å²) in [6, 6.07) is 9.45. The lowest BCUT2D eigenvalue weighted by atomic mass is 10.2. The van der Waals surface area contributed by atoms with Gasteiger partial charge in [-0.3, -0.25) is 0 Å². The van der Waals surface area contributed by atoms with Gasteiger partial charge in [0.2, 0.25) is 10.0 Å². The standard InChI is InChI=1S/C18H17N3O5S2/c22-18(25-12-16-19-20-17(26-16)15-4-3-11-27-15)13-5-7-14(8-6-13)28(23,24)21-9-1-2-10-21/h3-8,11H,1-2,9-10,12H2. The Morgan fingerprint density at radius 2 is 1.89 bits per heavy atom. The highest BCUT2D eigenvalue weighted by Gasteiger charge is 2.27. The fourth-order valence-electron chi connectivity index (χ4n) is 2.86. The number of sulfonamides is 1. The van der Waals surface area contributed by atoms with Crippen LogP contribution in [0.5, 0.6) is 0 Å². The van der Waals surface area contributed by atoms with Crippen molar-refractivity contribution in [3.63, 3.8) is 0 Å². The first kappa shape index (κ1) is 18.8. The molecule has 8 nitrogen and oxygen atoms in total. The summed E-state index contributed by atoms with van der Waals surface area (Å²) < 4.78 is 37.1. The van der Waals surface area contributed by atoms with Crippen molar-refractivity contribution in [1.82, 2.24) is 14.5 Å². The van der Waals surface area contributed by atoms with Gasteiger partial charge in [-0.05, 0) is 48.6 Å². The first-order valence-corrected chi connectivity index (χ1v) is 11.0. The molecular weight excluding hydrogens is 402 g/mol. The molecule has 0 bridgehead atoms. The minimum atomic E-state index is -3.51. The lowest BCUT2D eigenvalue weighted by Gasteiger charge is -2.15. The number of nitrogens with zero attached hydrogens (tertiary/aromatic N) is 3. The lowest BCUT2D eigenvalue weighted by molar-refractivity contribution is 0.0438. The number of carbonyl (C=O) groups excluding carboxylic acids is 1. The first-order chi connectivity index (χ1) is 13.5.